The second-order valence-electron chi connectivity index (χ2n) is 7.53. The van der Waals surface area contributed by atoms with Crippen molar-refractivity contribution in [2.45, 2.75) is 19.0 Å². The summed E-state index contributed by atoms with van der Waals surface area (Å²) in [5, 5.41) is 11.5. The van der Waals surface area contributed by atoms with E-state index < -0.39 is 41.9 Å². The van der Waals surface area contributed by atoms with Crippen molar-refractivity contribution in [3.05, 3.63) is 83.2 Å². The number of halogens is 7. The minimum absolute atomic E-state index is 0.00214. The van der Waals surface area contributed by atoms with Crippen LogP contribution in [0.3, 0.4) is 0 Å². The van der Waals surface area contributed by atoms with E-state index in [1.807, 2.05) is 0 Å². The molecule has 0 saturated carbocycles. The first-order chi connectivity index (χ1) is 16.9. The second-order valence-corrected chi connectivity index (χ2v) is 7.53. The van der Waals surface area contributed by atoms with Gasteiger partial charge < -0.3 is 10.1 Å². The molecule has 0 spiro atoms. The molecule has 4 rings (SSSR count). The van der Waals surface area contributed by atoms with E-state index >= 15 is 0 Å². The van der Waals surface area contributed by atoms with Crippen molar-refractivity contribution in [2.24, 2.45) is 0 Å². The standard InChI is InChI=1S/C23H15F7N4O2/c24-14-5-4-12(18(9-14)23(28,29)30)11-36-16-6-7-19-17(10-16)20(34-33-19)32-21(35)31-15-3-1-2-13(8-15)22(25,26)27/h1-10H,11H2,(H3,31,32,33,34,35). The lowest BCUT2D eigenvalue weighted by Crippen LogP contribution is -2.20. The number of nitrogens with one attached hydrogen (secondary N) is 3. The number of carbonyl (C=O) groups is 1. The van der Waals surface area contributed by atoms with Crippen molar-refractivity contribution < 1.29 is 40.3 Å². The topological polar surface area (TPSA) is 79.0 Å². The minimum atomic E-state index is -4.78. The Morgan fingerprint density at radius 3 is 2.42 bits per heavy atom. The predicted octanol–water partition coefficient (Wildman–Crippen LogP) is 6.96. The molecule has 4 aromatic rings. The summed E-state index contributed by atoms with van der Waals surface area (Å²) in [5.74, 6) is -0.912. The zero-order valence-electron chi connectivity index (χ0n) is 17.9. The molecule has 0 atom stereocenters. The Hall–Kier alpha value is -4.29. The van der Waals surface area contributed by atoms with E-state index in [1.54, 1.807) is 0 Å². The van der Waals surface area contributed by atoms with Crippen LogP contribution in [0.4, 0.5) is 47.0 Å². The van der Waals surface area contributed by atoms with Crippen LogP contribution in [0, 0.1) is 5.82 Å². The van der Waals surface area contributed by atoms with Gasteiger partial charge in [0.15, 0.2) is 5.82 Å². The highest BCUT2D eigenvalue weighted by molar-refractivity contribution is 6.04. The summed E-state index contributed by atoms with van der Waals surface area (Å²) in [6, 6.07) is 9.73. The molecule has 6 nitrogen and oxygen atoms in total. The number of ether oxygens (including phenoxy) is 1. The molecule has 1 aromatic heterocycles. The number of rotatable bonds is 5. The van der Waals surface area contributed by atoms with Gasteiger partial charge in [0, 0.05) is 16.6 Å². The van der Waals surface area contributed by atoms with E-state index in [1.165, 1.54) is 24.3 Å². The molecule has 3 aromatic carbocycles. The summed E-state index contributed by atoms with van der Waals surface area (Å²) < 4.78 is 96.9. The maximum absolute atomic E-state index is 13.3. The fourth-order valence-electron chi connectivity index (χ4n) is 3.32. The molecule has 0 unspecified atom stereocenters. The lowest BCUT2D eigenvalue weighted by molar-refractivity contribution is -0.139. The van der Waals surface area contributed by atoms with E-state index in [-0.39, 0.29) is 22.8 Å². The van der Waals surface area contributed by atoms with Gasteiger partial charge in [0.2, 0.25) is 0 Å². The van der Waals surface area contributed by atoms with E-state index in [9.17, 15) is 35.5 Å². The van der Waals surface area contributed by atoms with Gasteiger partial charge in [-0.15, -0.1) is 0 Å². The van der Waals surface area contributed by atoms with Crippen molar-refractivity contribution in [1.82, 2.24) is 10.2 Å². The van der Waals surface area contributed by atoms with E-state index in [0.717, 1.165) is 30.3 Å². The third-order valence-electron chi connectivity index (χ3n) is 4.99. The molecular weight excluding hydrogens is 497 g/mol. The van der Waals surface area contributed by atoms with Gasteiger partial charge in [-0.25, -0.2) is 9.18 Å². The van der Waals surface area contributed by atoms with Gasteiger partial charge in [-0.1, -0.05) is 12.1 Å². The summed E-state index contributed by atoms with van der Waals surface area (Å²) in [7, 11) is 0. The average molecular weight is 512 g/mol. The van der Waals surface area contributed by atoms with Crippen LogP contribution < -0.4 is 15.4 Å². The fourth-order valence-corrected chi connectivity index (χ4v) is 3.32. The first kappa shape index (κ1) is 24.8. The molecule has 0 radical (unpaired) electrons. The predicted molar refractivity (Wildman–Crippen MR) is 116 cm³/mol. The Morgan fingerprint density at radius 1 is 0.917 bits per heavy atom. The highest BCUT2D eigenvalue weighted by atomic mass is 19.4. The largest absolute Gasteiger partial charge is 0.489 e. The smallest absolute Gasteiger partial charge is 0.416 e. The summed E-state index contributed by atoms with van der Waals surface area (Å²) >= 11 is 0. The number of benzene rings is 3. The number of hydrogen-bond donors (Lipinski definition) is 3. The van der Waals surface area contributed by atoms with Crippen LogP contribution in [0.5, 0.6) is 5.75 Å². The minimum Gasteiger partial charge on any atom is -0.489 e. The first-order valence-corrected chi connectivity index (χ1v) is 10.1. The van der Waals surface area contributed by atoms with E-state index in [2.05, 4.69) is 20.8 Å². The molecule has 1 heterocycles. The van der Waals surface area contributed by atoms with Crippen molar-refractivity contribution in [1.29, 1.82) is 0 Å². The molecule has 0 aliphatic carbocycles. The van der Waals surface area contributed by atoms with Gasteiger partial charge in [-0.3, -0.25) is 10.4 Å². The van der Waals surface area contributed by atoms with Crippen molar-refractivity contribution in [3.8, 4) is 5.75 Å². The Morgan fingerprint density at radius 2 is 1.69 bits per heavy atom. The number of urea groups is 1. The number of anilines is 2. The Balaban J connectivity index is 1.49. The number of amides is 2. The number of hydrogen-bond acceptors (Lipinski definition) is 3. The van der Waals surface area contributed by atoms with Crippen molar-refractivity contribution in [3.63, 3.8) is 0 Å². The average Bonchev–Trinajstić information content (AvgIpc) is 3.19. The molecular formula is C23H15F7N4O2. The Kier molecular flexibility index (Phi) is 6.48. The Labute approximate surface area is 198 Å². The Bertz CT molecular complexity index is 1410. The maximum Gasteiger partial charge on any atom is 0.416 e. The molecule has 0 aliphatic rings. The van der Waals surface area contributed by atoms with Gasteiger partial charge in [-0.05, 0) is 48.5 Å². The van der Waals surface area contributed by atoms with Crippen LogP contribution in [0.15, 0.2) is 60.7 Å². The molecule has 0 saturated heterocycles. The third kappa shape index (κ3) is 5.67. The van der Waals surface area contributed by atoms with Gasteiger partial charge in [0.25, 0.3) is 0 Å². The van der Waals surface area contributed by atoms with E-state index in [0.29, 0.717) is 17.0 Å². The van der Waals surface area contributed by atoms with Crippen LogP contribution in [-0.2, 0) is 19.0 Å². The summed E-state index contributed by atoms with van der Waals surface area (Å²) in [6.07, 6.45) is -9.36. The van der Waals surface area contributed by atoms with Crippen molar-refractivity contribution >= 4 is 28.4 Å². The van der Waals surface area contributed by atoms with Gasteiger partial charge in [0.1, 0.15) is 18.2 Å². The molecule has 188 valence electrons. The van der Waals surface area contributed by atoms with Crippen LogP contribution in [0.1, 0.15) is 16.7 Å². The van der Waals surface area contributed by atoms with Crippen molar-refractivity contribution in [2.75, 3.05) is 10.6 Å². The number of aromatic amines is 1. The number of fused-ring (bicyclic) bond motifs is 1. The summed E-state index contributed by atoms with van der Waals surface area (Å²) in [6.45, 7) is -0.517. The van der Waals surface area contributed by atoms with Gasteiger partial charge in [-0.2, -0.15) is 31.4 Å². The number of nitrogens with zero attached hydrogens (tertiary/aromatic N) is 1. The van der Waals surface area contributed by atoms with Gasteiger partial charge in [0.05, 0.1) is 16.6 Å². The molecule has 0 bridgehead atoms. The second kappa shape index (κ2) is 9.40. The molecule has 2 amide bonds. The highest BCUT2D eigenvalue weighted by Gasteiger charge is 2.34. The lowest BCUT2D eigenvalue weighted by atomic mass is 10.1. The maximum atomic E-state index is 13.3. The van der Waals surface area contributed by atoms with Crippen LogP contribution in [0.2, 0.25) is 0 Å². The number of aromatic nitrogens is 2. The zero-order valence-corrected chi connectivity index (χ0v) is 17.9. The number of H-pyrrole nitrogens is 1. The highest BCUT2D eigenvalue weighted by Crippen LogP contribution is 2.34. The molecule has 0 aliphatic heterocycles. The third-order valence-corrected chi connectivity index (χ3v) is 4.99. The monoisotopic (exact) mass is 512 g/mol. The van der Waals surface area contributed by atoms with Crippen LogP contribution in [-0.4, -0.2) is 16.2 Å². The normalized spacial score (nSPS) is 12.0. The SMILES string of the molecule is O=C(Nc1cccc(C(F)(F)F)c1)Nc1n[nH]c2ccc(OCc3ccc(F)cc3C(F)(F)F)cc12. The molecule has 3 N–H and O–H groups in total. The van der Waals surface area contributed by atoms with Crippen LogP contribution in [0.25, 0.3) is 10.9 Å². The van der Waals surface area contributed by atoms with E-state index in [4.69, 9.17) is 4.74 Å². The quantitative estimate of drug-likeness (QED) is 0.253. The molecule has 36 heavy (non-hydrogen) atoms. The summed E-state index contributed by atoms with van der Waals surface area (Å²) in [4.78, 5) is 12.3. The summed E-state index contributed by atoms with van der Waals surface area (Å²) in [5.41, 5.74) is -2.06. The lowest BCUT2D eigenvalue weighted by Gasteiger charge is -2.14. The molecule has 13 heteroatoms. The van der Waals surface area contributed by atoms with Gasteiger partial charge >= 0.3 is 18.4 Å². The number of carbonyl (C=O) groups excluding carboxylic acids is 1. The number of alkyl halides is 6. The first-order valence-electron chi connectivity index (χ1n) is 10.1. The molecule has 0 fully saturated rings. The zero-order chi connectivity index (χ0) is 26.1. The van der Waals surface area contributed by atoms with Crippen LogP contribution >= 0.6 is 0 Å². The fraction of sp³-hybridized carbons (Fsp3) is 0.130.